The third kappa shape index (κ3) is 4.96. The molecular weight excluding hydrogens is 407 g/mol. The topological polar surface area (TPSA) is 41.1 Å². The number of halogens is 3. The van der Waals surface area contributed by atoms with Crippen molar-refractivity contribution in [2.24, 2.45) is 0 Å². The molecule has 1 amide bonds. The first-order valence-electron chi connectivity index (χ1n) is 6.63. The number of rotatable bonds is 6. The highest BCUT2D eigenvalue weighted by atomic mass is 79.9. The van der Waals surface area contributed by atoms with E-state index in [1.807, 2.05) is 24.6 Å². The number of carbonyl (C=O) groups excluding carboxylic acids is 1. The number of thiophene rings is 1. The van der Waals surface area contributed by atoms with E-state index >= 15 is 0 Å². The van der Waals surface area contributed by atoms with Gasteiger partial charge in [0.05, 0.1) is 4.88 Å². The maximum absolute atomic E-state index is 12.3. The van der Waals surface area contributed by atoms with Crippen molar-refractivity contribution in [2.75, 3.05) is 13.6 Å². The van der Waals surface area contributed by atoms with Gasteiger partial charge in [0, 0.05) is 32.5 Å². The zero-order chi connectivity index (χ0) is 16.1. The SMILES string of the molecule is CNC[C@H](Cc1ccc(Cl)cc1Cl)NC(=O)c1cc(Br)cs1. The Kier molecular flexibility index (Phi) is 6.71. The van der Waals surface area contributed by atoms with Crippen molar-refractivity contribution in [3.8, 4) is 0 Å². The Bertz CT molecular complexity index is 663. The van der Waals surface area contributed by atoms with E-state index in [0.29, 0.717) is 27.9 Å². The molecule has 0 unspecified atom stereocenters. The highest BCUT2D eigenvalue weighted by Gasteiger charge is 2.16. The average molecular weight is 422 g/mol. The van der Waals surface area contributed by atoms with Gasteiger partial charge in [0.15, 0.2) is 0 Å². The van der Waals surface area contributed by atoms with Crippen LogP contribution in [0.4, 0.5) is 0 Å². The van der Waals surface area contributed by atoms with Crippen molar-refractivity contribution in [2.45, 2.75) is 12.5 Å². The number of hydrogen-bond acceptors (Lipinski definition) is 3. The first-order valence-corrected chi connectivity index (χ1v) is 9.06. The molecule has 1 atom stereocenters. The van der Waals surface area contributed by atoms with Gasteiger partial charge >= 0.3 is 0 Å². The van der Waals surface area contributed by atoms with Crippen LogP contribution in [0.3, 0.4) is 0 Å². The summed E-state index contributed by atoms with van der Waals surface area (Å²) in [5.74, 6) is -0.0824. The average Bonchev–Trinajstić information content (AvgIpc) is 2.89. The van der Waals surface area contributed by atoms with Crippen LogP contribution < -0.4 is 10.6 Å². The van der Waals surface area contributed by atoms with Crippen LogP contribution in [0.2, 0.25) is 10.0 Å². The van der Waals surface area contributed by atoms with Gasteiger partial charge in [-0.2, -0.15) is 0 Å². The van der Waals surface area contributed by atoms with E-state index in [1.54, 1.807) is 12.1 Å². The summed E-state index contributed by atoms with van der Waals surface area (Å²) < 4.78 is 0.911. The van der Waals surface area contributed by atoms with Gasteiger partial charge in [-0.25, -0.2) is 0 Å². The molecule has 2 rings (SSSR count). The second-order valence-electron chi connectivity index (χ2n) is 4.80. The highest BCUT2D eigenvalue weighted by molar-refractivity contribution is 9.10. The van der Waals surface area contributed by atoms with E-state index in [-0.39, 0.29) is 11.9 Å². The van der Waals surface area contributed by atoms with E-state index in [0.717, 1.165) is 10.0 Å². The van der Waals surface area contributed by atoms with Crippen molar-refractivity contribution in [3.05, 3.63) is 54.6 Å². The molecule has 22 heavy (non-hydrogen) atoms. The lowest BCUT2D eigenvalue weighted by Gasteiger charge is -2.19. The van der Waals surface area contributed by atoms with Gasteiger partial charge in [-0.15, -0.1) is 11.3 Å². The first-order chi connectivity index (χ1) is 10.5. The van der Waals surface area contributed by atoms with Crippen molar-refractivity contribution in [1.82, 2.24) is 10.6 Å². The predicted molar refractivity (Wildman–Crippen MR) is 97.4 cm³/mol. The number of carbonyl (C=O) groups is 1. The van der Waals surface area contributed by atoms with Crippen LogP contribution in [0.5, 0.6) is 0 Å². The van der Waals surface area contributed by atoms with Crippen molar-refractivity contribution in [3.63, 3.8) is 0 Å². The molecule has 0 bridgehead atoms. The highest BCUT2D eigenvalue weighted by Crippen LogP contribution is 2.23. The van der Waals surface area contributed by atoms with Gasteiger partial charge in [-0.05, 0) is 53.2 Å². The summed E-state index contributed by atoms with van der Waals surface area (Å²) in [5, 5.41) is 9.23. The predicted octanol–water partition coefficient (Wildman–Crippen LogP) is 4.38. The van der Waals surface area contributed by atoms with Crippen LogP contribution in [0, 0.1) is 0 Å². The lowest BCUT2D eigenvalue weighted by molar-refractivity contribution is 0.0941. The minimum Gasteiger partial charge on any atom is -0.347 e. The van der Waals surface area contributed by atoms with E-state index in [4.69, 9.17) is 23.2 Å². The van der Waals surface area contributed by atoms with Gasteiger partial charge in [0.2, 0.25) is 0 Å². The van der Waals surface area contributed by atoms with E-state index in [1.165, 1.54) is 11.3 Å². The minimum atomic E-state index is -0.0824. The molecule has 0 aliphatic rings. The number of nitrogens with one attached hydrogen (secondary N) is 2. The monoisotopic (exact) mass is 420 g/mol. The molecule has 0 saturated heterocycles. The third-order valence-electron chi connectivity index (χ3n) is 3.06. The molecule has 7 heteroatoms. The van der Waals surface area contributed by atoms with Crippen molar-refractivity contribution in [1.29, 1.82) is 0 Å². The summed E-state index contributed by atoms with van der Waals surface area (Å²) in [5.41, 5.74) is 0.957. The van der Waals surface area contributed by atoms with Gasteiger partial charge < -0.3 is 10.6 Å². The number of amides is 1. The third-order valence-corrected chi connectivity index (χ3v) is 5.34. The van der Waals surface area contributed by atoms with Crippen LogP contribution in [0.1, 0.15) is 15.2 Å². The second kappa shape index (κ2) is 8.31. The molecular formula is C15H15BrCl2N2OS. The fraction of sp³-hybridized carbons (Fsp3) is 0.267. The van der Waals surface area contributed by atoms with Crippen LogP contribution in [-0.2, 0) is 6.42 Å². The van der Waals surface area contributed by atoms with Crippen molar-refractivity contribution >= 4 is 56.4 Å². The Balaban J connectivity index is 2.07. The van der Waals surface area contributed by atoms with Crippen LogP contribution in [0.15, 0.2) is 34.1 Å². The molecule has 1 aromatic carbocycles. The van der Waals surface area contributed by atoms with Gasteiger partial charge in [0.25, 0.3) is 5.91 Å². The van der Waals surface area contributed by atoms with Gasteiger partial charge in [-0.3, -0.25) is 4.79 Å². The van der Waals surface area contributed by atoms with E-state index in [9.17, 15) is 4.79 Å². The molecule has 3 nitrogen and oxygen atoms in total. The fourth-order valence-corrected chi connectivity index (χ4v) is 3.88. The Morgan fingerprint density at radius 2 is 2.14 bits per heavy atom. The summed E-state index contributed by atoms with van der Waals surface area (Å²) in [4.78, 5) is 12.9. The molecule has 0 aliphatic heterocycles. The Morgan fingerprint density at radius 3 is 2.73 bits per heavy atom. The molecule has 0 spiro atoms. The molecule has 0 fully saturated rings. The number of likely N-dealkylation sites (N-methyl/N-ethyl adjacent to an activating group) is 1. The molecule has 0 radical (unpaired) electrons. The summed E-state index contributed by atoms with van der Waals surface area (Å²) in [6.07, 6.45) is 0.634. The fourth-order valence-electron chi connectivity index (χ4n) is 2.06. The van der Waals surface area contributed by atoms with Gasteiger partial charge in [0.1, 0.15) is 0 Å². The molecule has 1 aromatic heterocycles. The van der Waals surface area contributed by atoms with Crippen LogP contribution >= 0.6 is 50.5 Å². The summed E-state index contributed by atoms with van der Waals surface area (Å²) in [6, 6.07) is 7.16. The van der Waals surface area contributed by atoms with Crippen LogP contribution in [0.25, 0.3) is 0 Å². The Morgan fingerprint density at radius 1 is 1.36 bits per heavy atom. The molecule has 118 valence electrons. The first kappa shape index (κ1) is 17.8. The van der Waals surface area contributed by atoms with Crippen LogP contribution in [-0.4, -0.2) is 25.5 Å². The Labute approximate surface area is 152 Å². The lowest BCUT2D eigenvalue weighted by Crippen LogP contribution is -2.42. The standard InChI is InChI=1S/C15H15BrCl2N2OS/c1-19-7-12(4-9-2-3-11(17)6-13(9)18)20-15(21)14-5-10(16)8-22-14/h2-3,5-6,8,12,19H,4,7H2,1H3,(H,20,21)/t12-/m0/s1. The lowest BCUT2D eigenvalue weighted by atomic mass is 10.1. The quantitative estimate of drug-likeness (QED) is 0.726. The zero-order valence-electron chi connectivity index (χ0n) is 11.8. The smallest absolute Gasteiger partial charge is 0.261 e. The molecule has 0 aliphatic carbocycles. The second-order valence-corrected chi connectivity index (χ2v) is 7.47. The summed E-state index contributed by atoms with van der Waals surface area (Å²) in [6.45, 7) is 0.650. The summed E-state index contributed by atoms with van der Waals surface area (Å²) >= 11 is 16.9. The van der Waals surface area contributed by atoms with Gasteiger partial charge in [-0.1, -0.05) is 29.3 Å². The zero-order valence-corrected chi connectivity index (χ0v) is 15.7. The van der Waals surface area contributed by atoms with Crippen molar-refractivity contribution < 1.29 is 4.79 Å². The maximum Gasteiger partial charge on any atom is 0.261 e. The summed E-state index contributed by atoms with van der Waals surface area (Å²) in [7, 11) is 1.85. The number of hydrogen-bond donors (Lipinski definition) is 2. The molecule has 1 heterocycles. The maximum atomic E-state index is 12.3. The molecule has 0 saturated carbocycles. The molecule has 2 N–H and O–H groups in total. The number of benzene rings is 1. The van der Waals surface area contributed by atoms with E-state index < -0.39 is 0 Å². The minimum absolute atomic E-state index is 0.0583. The molecule has 2 aromatic rings. The Hall–Kier alpha value is -0.590. The largest absolute Gasteiger partial charge is 0.347 e. The normalized spacial score (nSPS) is 12.2. The van der Waals surface area contributed by atoms with E-state index in [2.05, 4.69) is 26.6 Å².